The molecule has 0 aliphatic heterocycles. The van der Waals surface area contributed by atoms with Crippen molar-refractivity contribution in [3.05, 3.63) is 34.9 Å². The van der Waals surface area contributed by atoms with Gasteiger partial charge in [-0.2, -0.15) is 13.2 Å². The molecule has 0 aliphatic rings. The number of carbonyl (C=O) groups is 2. The monoisotopic (exact) mass is 248 g/mol. The second kappa shape index (κ2) is 4.44. The minimum absolute atomic E-state index is 0.397. The number of carbonyl (C=O) groups excluding carboxylic acids is 1. The fourth-order valence-electron chi connectivity index (χ4n) is 1.19. The van der Waals surface area contributed by atoms with Gasteiger partial charge in [-0.3, -0.25) is 0 Å². The highest BCUT2D eigenvalue weighted by Crippen LogP contribution is 2.30. The molecule has 0 saturated carbocycles. The van der Waals surface area contributed by atoms with Crippen molar-refractivity contribution < 1.29 is 32.6 Å². The summed E-state index contributed by atoms with van der Waals surface area (Å²) in [5, 5.41) is 8.73. The maximum absolute atomic E-state index is 12.3. The molecular weight excluding hydrogens is 241 g/mol. The van der Waals surface area contributed by atoms with E-state index in [1.165, 1.54) is 0 Å². The third-order valence-electron chi connectivity index (χ3n) is 1.98. The van der Waals surface area contributed by atoms with Crippen LogP contribution >= 0.6 is 0 Å². The Morgan fingerprint density at radius 3 is 2.24 bits per heavy atom. The number of methoxy groups -OCH3 is 1. The summed E-state index contributed by atoms with van der Waals surface area (Å²) < 4.78 is 41.3. The van der Waals surface area contributed by atoms with Gasteiger partial charge in [0.15, 0.2) is 0 Å². The molecule has 1 rings (SSSR count). The second-order valence-corrected chi connectivity index (χ2v) is 3.05. The van der Waals surface area contributed by atoms with E-state index in [0.717, 1.165) is 13.2 Å². The van der Waals surface area contributed by atoms with Crippen LogP contribution in [0, 0.1) is 0 Å². The molecule has 0 fully saturated rings. The lowest BCUT2D eigenvalue weighted by Crippen LogP contribution is -2.13. The maximum atomic E-state index is 12.3. The van der Waals surface area contributed by atoms with E-state index in [2.05, 4.69) is 4.74 Å². The lowest BCUT2D eigenvalue weighted by Gasteiger charge is -2.09. The number of halogens is 3. The van der Waals surface area contributed by atoms with Gasteiger partial charge in [0.25, 0.3) is 0 Å². The van der Waals surface area contributed by atoms with Crippen LogP contribution in [0.4, 0.5) is 13.2 Å². The van der Waals surface area contributed by atoms with E-state index in [1.54, 1.807) is 0 Å². The maximum Gasteiger partial charge on any atom is 0.416 e. The van der Waals surface area contributed by atoms with E-state index in [4.69, 9.17) is 5.11 Å². The van der Waals surface area contributed by atoms with Crippen LogP contribution in [0.3, 0.4) is 0 Å². The molecule has 1 aromatic carbocycles. The van der Waals surface area contributed by atoms with Crippen molar-refractivity contribution in [3.63, 3.8) is 0 Å². The first-order chi connectivity index (χ1) is 7.77. The Kier molecular flexibility index (Phi) is 3.40. The van der Waals surface area contributed by atoms with E-state index in [-0.39, 0.29) is 0 Å². The van der Waals surface area contributed by atoms with E-state index in [1.807, 2.05) is 0 Å². The molecule has 1 N–H and O–H groups in total. The van der Waals surface area contributed by atoms with Crippen LogP contribution < -0.4 is 0 Å². The van der Waals surface area contributed by atoms with E-state index >= 15 is 0 Å². The van der Waals surface area contributed by atoms with Crippen molar-refractivity contribution in [2.24, 2.45) is 0 Å². The van der Waals surface area contributed by atoms with Gasteiger partial charge in [0.1, 0.15) is 0 Å². The highest BCUT2D eigenvalue weighted by Gasteiger charge is 2.32. The van der Waals surface area contributed by atoms with Crippen molar-refractivity contribution in [3.8, 4) is 0 Å². The molecule has 0 amide bonds. The molecule has 4 nitrogen and oxygen atoms in total. The van der Waals surface area contributed by atoms with Crippen LogP contribution in [-0.4, -0.2) is 24.2 Å². The Labute approximate surface area is 93.6 Å². The van der Waals surface area contributed by atoms with Crippen LogP contribution in [0.1, 0.15) is 26.3 Å². The Morgan fingerprint density at radius 2 is 1.82 bits per heavy atom. The van der Waals surface area contributed by atoms with Crippen LogP contribution in [0.25, 0.3) is 0 Å². The number of rotatable bonds is 2. The molecule has 0 heterocycles. The van der Waals surface area contributed by atoms with Crippen molar-refractivity contribution in [2.75, 3.05) is 7.11 Å². The highest BCUT2D eigenvalue weighted by molar-refractivity contribution is 6.02. The predicted molar refractivity (Wildman–Crippen MR) is 49.7 cm³/mol. The second-order valence-electron chi connectivity index (χ2n) is 3.05. The molecule has 0 spiro atoms. The highest BCUT2D eigenvalue weighted by atomic mass is 19.4. The van der Waals surface area contributed by atoms with Gasteiger partial charge in [0, 0.05) is 0 Å². The Hall–Kier alpha value is -2.05. The Balaban J connectivity index is 3.37. The molecule has 0 bridgehead atoms. The molecule has 92 valence electrons. The van der Waals surface area contributed by atoms with Crippen molar-refractivity contribution in [1.29, 1.82) is 0 Å². The molecule has 0 saturated heterocycles. The predicted octanol–water partition coefficient (Wildman–Crippen LogP) is 2.19. The van der Waals surface area contributed by atoms with Gasteiger partial charge in [-0.25, -0.2) is 9.59 Å². The first kappa shape index (κ1) is 13.0. The van der Waals surface area contributed by atoms with Crippen LogP contribution in [-0.2, 0) is 10.9 Å². The number of hydrogen-bond donors (Lipinski definition) is 1. The molecule has 1 aromatic rings. The van der Waals surface area contributed by atoms with Gasteiger partial charge in [-0.05, 0) is 18.2 Å². The van der Waals surface area contributed by atoms with E-state index in [0.29, 0.717) is 12.1 Å². The lowest BCUT2D eigenvalue weighted by atomic mass is 10.0. The molecule has 7 heteroatoms. The van der Waals surface area contributed by atoms with Crippen LogP contribution in [0.2, 0.25) is 0 Å². The minimum Gasteiger partial charge on any atom is -0.478 e. The van der Waals surface area contributed by atoms with Gasteiger partial charge in [-0.1, -0.05) is 0 Å². The Bertz CT molecular complexity index is 465. The number of carboxylic acid groups (broad SMARTS) is 1. The zero-order valence-electron chi connectivity index (χ0n) is 8.54. The summed E-state index contributed by atoms with van der Waals surface area (Å²) in [5.74, 6) is -2.63. The van der Waals surface area contributed by atoms with Gasteiger partial charge < -0.3 is 9.84 Å². The summed E-state index contributed by atoms with van der Waals surface area (Å²) in [7, 11) is 1.01. The third kappa shape index (κ3) is 2.74. The third-order valence-corrected chi connectivity index (χ3v) is 1.98. The number of alkyl halides is 3. The Morgan fingerprint density at radius 1 is 1.24 bits per heavy atom. The lowest BCUT2D eigenvalue weighted by molar-refractivity contribution is -0.137. The fourth-order valence-corrected chi connectivity index (χ4v) is 1.19. The number of carboxylic acids is 1. The first-order valence-electron chi connectivity index (χ1n) is 4.30. The largest absolute Gasteiger partial charge is 0.478 e. The summed E-state index contributed by atoms with van der Waals surface area (Å²) in [6, 6.07) is 1.80. The van der Waals surface area contributed by atoms with E-state index in [9.17, 15) is 22.8 Å². The first-order valence-corrected chi connectivity index (χ1v) is 4.30. The summed E-state index contributed by atoms with van der Waals surface area (Å²) in [5.41, 5.74) is -2.30. The summed E-state index contributed by atoms with van der Waals surface area (Å²) in [6.07, 6.45) is -4.67. The molecule has 0 atom stereocenters. The summed E-state index contributed by atoms with van der Waals surface area (Å²) in [4.78, 5) is 21.9. The minimum atomic E-state index is -4.67. The molecule has 0 unspecified atom stereocenters. The van der Waals surface area contributed by atoms with Gasteiger partial charge in [0.2, 0.25) is 0 Å². The molecular formula is C10H7F3O4. The van der Waals surface area contributed by atoms with Crippen LogP contribution in [0.15, 0.2) is 18.2 Å². The SMILES string of the molecule is COC(=O)c1ccc(C(F)(F)F)cc1C(=O)O. The number of hydrogen-bond acceptors (Lipinski definition) is 3. The average Bonchev–Trinajstić information content (AvgIpc) is 2.25. The number of aromatic carboxylic acids is 1. The smallest absolute Gasteiger partial charge is 0.416 e. The molecule has 0 radical (unpaired) electrons. The number of esters is 1. The molecule has 0 aliphatic carbocycles. The normalized spacial score (nSPS) is 11.1. The zero-order valence-corrected chi connectivity index (χ0v) is 8.54. The number of ether oxygens (including phenoxy) is 1. The zero-order chi connectivity index (χ0) is 13.2. The molecule has 0 aromatic heterocycles. The van der Waals surface area contributed by atoms with Crippen molar-refractivity contribution >= 4 is 11.9 Å². The summed E-state index contributed by atoms with van der Waals surface area (Å²) >= 11 is 0. The van der Waals surface area contributed by atoms with Crippen molar-refractivity contribution in [2.45, 2.75) is 6.18 Å². The summed E-state index contributed by atoms with van der Waals surface area (Å²) in [6.45, 7) is 0. The van der Waals surface area contributed by atoms with Gasteiger partial charge in [-0.15, -0.1) is 0 Å². The van der Waals surface area contributed by atoms with Gasteiger partial charge in [0.05, 0.1) is 23.8 Å². The molecule has 17 heavy (non-hydrogen) atoms. The number of benzene rings is 1. The fraction of sp³-hybridized carbons (Fsp3) is 0.200. The average molecular weight is 248 g/mol. The van der Waals surface area contributed by atoms with Crippen molar-refractivity contribution in [1.82, 2.24) is 0 Å². The van der Waals surface area contributed by atoms with Gasteiger partial charge >= 0.3 is 18.1 Å². The van der Waals surface area contributed by atoms with E-state index < -0.39 is 34.8 Å². The topological polar surface area (TPSA) is 63.6 Å². The van der Waals surface area contributed by atoms with Crippen LogP contribution in [0.5, 0.6) is 0 Å². The quantitative estimate of drug-likeness (QED) is 0.815. The standard InChI is InChI=1S/C10H7F3O4/c1-17-9(16)6-3-2-5(10(11,12)13)4-7(6)8(14)15/h2-4H,1H3,(H,14,15).